The van der Waals surface area contributed by atoms with Crippen LogP contribution in [0.15, 0.2) is 0 Å². The van der Waals surface area contributed by atoms with Crippen molar-refractivity contribution in [3.8, 4) is 0 Å². The summed E-state index contributed by atoms with van der Waals surface area (Å²) in [6, 6.07) is 0. The average molecular weight is 207 g/mol. The van der Waals surface area contributed by atoms with Crippen molar-refractivity contribution in [2.45, 2.75) is 6.92 Å². The van der Waals surface area contributed by atoms with Gasteiger partial charge in [0.25, 0.3) is 0 Å². The molecule has 0 saturated carbocycles. The zero-order chi connectivity index (χ0) is 10.9. The molecule has 0 aliphatic heterocycles. The molecule has 0 amide bonds. The molecule has 0 bridgehead atoms. The minimum absolute atomic E-state index is 0.0327. The minimum Gasteiger partial charge on any atom is -0.396 e. The van der Waals surface area contributed by atoms with E-state index in [1.807, 2.05) is 0 Å². The van der Waals surface area contributed by atoms with Crippen LogP contribution in [0, 0.1) is 5.41 Å². The lowest BCUT2D eigenvalue weighted by Crippen LogP contribution is -2.39. The Morgan fingerprint density at radius 3 is 2.29 bits per heavy atom. The predicted molar refractivity (Wildman–Crippen MR) is 53.1 cm³/mol. The molecule has 0 aliphatic carbocycles. The Hall–Kier alpha value is -0.200. The van der Waals surface area contributed by atoms with E-state index in [1.165, 1.54) is 0 Å². The van der Waals surface area contributed by atoms with Crippen molar-refractivity contribution < 1.29 is 20.1 Å². The molecule has 0 aromatic heterocycles. The standard InChI is InChI=1S/C9H21NO4/c1-9(7-12,8-13)6-10-2-4-14-5-3-11/h10-13H,2-8H2,1H3. The lowest BCUT2D eigenvalue weighted by Gasteiger charge is -2.24. The fourth-order valence-electron chi connectivity index (χ4n) is 0.863. The van der Waals surface area contributed by atoms with E-state index in [-0.39, 0.29) is 19.8 Å². The van der Waals surface area contributed by atoms with Crippen LogP contribution in [0.3, 0.4) is 0 Å². The van der Waals surface area contributed by atoms with E-state index in [2.05, 4.69) is 5.32 Å². The van der Waals surface area contributed by atoms with E-state index in [4.69, 9.17) is 20.1 Å². The van der Waals surface area contributed by atoms with Crippen molar-refractivity contribution >= 4 is 0 Å². The van der Waals surface area contributed by atoms with Crippen LogP contribution in [0.2, 0.25) is 0 Å². The van der Waals surface area contributed by atoms with Crippen LogP contribution in [0.4, 0.5) is 0 Å². The molecule has 86 valence electrons. The van der Waals surface area contributed by atoms with Gasteiger partial charge >= 0.3 is 0 Å². The van der Waals surface area contributed by atoms with Crippen molar-refractivity contribution in [2.75, 3.05) is 46.1 Å². The Kier molecular flexibility index (Phi) is 8.02. The molecule has 0 aromatic carbocycles. The van der Waals surface area contributed by atoms with Crippen LogP contribution in [0.25, 0.3) is 0 Å². The fourth-order valence-corrected chi connectivity index (χ4v) is 0.863. The second kappa shape index (κ2) is 8.14. The van der Waals surface area contributed by atoms with Crippen LogP contribution in [-0.2, 0) is 4.74 Å². The normalized spacial score (nSPS) is 12.0. The zero-order valence-corrected chi connectivity index (χ0v) is 8.70. The first-order chi connectivity index (χ1) is 6.68. The third kappa shape index (κ3) is 6.28. The molecule has 0 spiro atoms. The molecule has 5 heteroatoms. The van der Waals surface area contributed by atoms with Gasteiger partial charge in [-0.3, -0.25) is 0 Å². The fraction of sp³-hybridized carbons (Fsp3) is 1.00. The molecule has 0 heterocycles. The van der Waals surface area contributed by atoms with Crippen molar-refractivity contribution in [2.24, 2.45) is 5.41 Å². The van der Waals surface area contributed by atoms with E-state index in [0.29, 0.717) is 26.3 Å². The highest BCUT2D eigenvalue weighted by Crippen LogP contribution is 2.11. The van der Waals surface area contributed by atoms with Gasteiger partial charge in [-0.2, -0.15) is 0 Å². The molecule has 0 atom stereocenters. The Morgan fingerprint density at radius 1 is 1.14 bits per heavy atom. The molecule has 0 radical (unpaired) electrons. The lowest BCUT2D eigenvalue weighted by atomic mass is 9.93. The minimum atomic E-state index is -0.475. The number of ether oxygens (including phenoxy) is 1. The number of nitrogens with one attached hydrogen (secondary N) is 1. The highest BCUT2D eigenvalue weighted by atomic mass is 16.5. The Morgan fingerprint density at radius 2 is 1.79 bits per heavy atom. The average Bonchev–Trinajstić information content (AvgIpc) is 2.23. The monoisotopic (exact) mass is 207 g/mol. The number of hydrogen-bond acceptors (Lipinski definition) is 5. The third-order valence-electron chi connectivity index (χ3n) is 1.97. The van der Waals surface area contributed by atoms with Gasteiger partial charge in [0, 0.05) is 18.5 Å². The summed E-state index contributed by atoms with van der Waals surface area (Å²) in [7, 11) is 0. The Bertz CT molecular complexity index is 128. The van der Waals surface area contributed by atoms with Crippen molar-refractivity contribution in [1.29, 1.82) is 0 Å². The highest BCUT2D eigenvalue weighted by Gasteiger charge is 2.21. The van der Waals surface area contributed by atoms with Crippen molar-refractivity contribution in [1.82, 2.24) is 5.32 Å². The predicted octanol–water partition coefficient (Wildman–Crippen LogP) is -1.42. The van der Waals surface area contributed by atoms with Gasteiger partial charge in [-0.1, -0.05) is 6.92 Å². The Labute approximate surface area is 84.7 Å². The van der Waals surface area contributed by atoms with Gasteiger partial charge < -0.3 is 25.4 Å². The van der Waals surface area contributed by atoms with Gasteiger partial charge in [0.2, 0.25) is 0 Å². The summed E-state index contributed by atoms with van der Waals surface area (Å²) in [5.41, 5.74) is -0.475. The molecular weight excluding hydrogens is 186 g/mol. The summed E-state index contributed by atoms with van der Waals surface area (Å²) in [5, 5.41) is 29.4. The Balaban J connectivity index is 3.34. The summed E-state index contributed by atoms with van der Waals surface area (Å²) >= 11 is 0. The largest absolute Gasteiger partial charge is 0.396 e. The smallest absolute Gasteiger partial charge is 0.0698 e. The van der Waals surface area contributed by atoms with Gasteiger partial charge in [0.15, 0.2) is 0 Å². The molecule has 0 saturated heterocycles. The van der Waals surface area contributed by atoms with E-state index in [9.17, 15) is 0 Å². The molecule has 0 fully saturated rings. The highest BCUT2D eigenvalue weighted by molar-refractivity contribution is 4.74. The summed E-state index contributed by atoms with van der Waals surface area (Å²) in [5.74, 6) is 0. The van der Waals surface area contributed by atoms with Gasteiger partial charge in [0.1, 0.15) is 0 Å². The molecular formula is C9H21NO4. The quantitative estimate of drug-likeness (QED) is 0.349. The molecule has 0 unspecified atom stereocenters. The maximum atomic E-state index is 8.96. The summed E-state index contributed by atoms with van der Waals surface area (Å²) in [6.07, 6.45) is 0. The van der Waals surface area contributed by atoms with E-state index in [0.717, 1.165) is 0 Å². The molecule has 4 N–H and O–H groups in total. The SMILES string of the molecule is CC(CO)(CO)CNCCOCCO. The van der Waals surface area contributed by atoms with Crippen molar-refractivity contribution in [3.63, 3.8) is 0 Å². The van der Waals surface area contributed by atoms with Gasteiger partial charge in [0.05, 0.1) is 33.0 Å². The lowest BCUT2D eigenvalue weighted by molar-refractivity contribution is 0.0630. The summed E-state index contributed by atoms with van der Waals surface area (Å²) < 4.78 is 5.03. The summed E-state index contributed by atoms with van der Waals surface area (Å²) in [6.45, 7) is 3.80. The number of aliphatic hydroxyl groups excluding tert-OH is 3. The van der Waals surface area contributed by atoms with E-state index >= 15 is 0 Å². The first-order valence-corrected chi connectivity index (χ1v) is 4.79. The van der Waals surface area contributed by atoms with E-state index < -0.39 is 5.41 Å². The van der Waals surface area contributed by atoms with Gasteiger partial charge in [-0.05, 0) is 0 Å². The number of aliphatic hydroxyl groups is 3. The zero-order valence-electron chi connectivity index (χ0n) is 8.70. The molecule has 0 rings (SSSR count). The van der Waals surface area contributed by atoms with Gasteiger partial charge in [-0.15, -0.1) is 0 Å². The number of rotatable bonds is 9. The van der Waals surface area contributed by atoms with Crippen LogP contribution in [-0.4, -0.2) is 61.4 Å². The molecule has 0 aromatic rings. The first kappa shape index (κ1) is 13.8. The molecule has 5 nitrogen and oxygen atoms in total. The maximum absolute atomic E-state index is 8.96. The molecule has 14 heavy (non-hydrogen) atoms. The van der Waals surface area contributed by atoms with Crippen LogP contribution >= 0.6 is 0 Å². The van der Waals surface area contributed by atoms with Crippen LogP contribution in [0.1, 0.15) is 6.92 Å². The first-order valence-electron chi connectivity index (χ1n) is 4.79. The molecule has 0 aliphatic rings. The second-order valence-corrected chi connectivity index (χ2v) is 3.64. The van der Waals surface area contributed by atoms with Crippen LogP contribution < -0.4 is 5.32 Å². The van der Waals surface area contributed by atoms with Crippen molar-refractivity contribution in [3.05, 3.63) is 0 Å². The second-order valence-electron chi connectivity index (χ2n) is 3.64. The van der Waals surface area contributed by atoms with Gasteiger partial charge in [-0.25, -0.2) is 0 Å². The topological polar surface area (TPSA) is 82.0 Å². The number of hydrogen-bond donors (Lipinski definition) is 4. The third-order valence-corrected chi connectivity index (χ3v) is 1.97. The van der Waals surface area contributed by atoms with Crippen LogP contribution in [0.5, 0.6) is 0 Å². The van der Waals surface area contributed by atoms with E-state index in [1.54, 1.807) is 6.92 Å². The summed E-state index contributed by atoms with van der Waals surface area (Å²) in [4.78, 5) is 0. The maximum Gasteiger partial charge on any atom is 0.0698 e.